The summed E-state index contributed by atoms with van der Waals surface area (Å²) < 4.78 is 7.68. The van der Waals surface area contributed by atoms with Crippen LogP contribution in [0.2, 0.25) is 0 Å². The first kappa shape index (κ1) is 18.1. The molecule has 0 spiro atoms. The van der Waals surface area contributed by atoms with Crippen molar-refractivity contribution in [2.45, 2.75) is 45.8 Å². The van der Waals surface area contributed by atoms with Gasteiger partial charge in [0.15, 0.2) is 6.29 Å². The Morgan fingerprint density at radius 1 is 1.33 bits per heavy atom. The van der Waals surface area contributed by atoms with Gasteiger partial charge in [-0.05, 0) is 55.6 Å². The fraction of sp³-hybridized carbons (Fsp3) is 0.600. The molecule has 2 aliphatic carbocycles. The fourth-order valence-electron chi connectivity index (χ4n) is 5.42. The van der Waals surface area contributed by atoms with Crippen molar-refractivity contribution in [3.8, 4) is 0 Å². The van der Waals surface area contributed by atoms with Crippen molar-refractivity contribution in [3.05, 3.63) is 30.6 Å². The van der Waals surface area contributed by atoms with E-state index in [-0.39, 0.29) is 11.4 Å². The number of ether oxygens (including phenoxy) is 1. The molecule has 0 saturated heterocycles. The van der Waals surface area contributed by atoms with E-state index in [1.165, 1.54) is 25.7 Å². The normalized spacial score (nSPS) is 31.8. The van der Waals surface area contributed by atoms with E-state index < -0.39 is 6.29 Å². The molecule has 2 aliphatic rings. The summed E-state index contributed by atoms with van der Waals surface area (Å²) in [5.41, 5.74) is 17.1. The summed E-state index contributed by atoms with van der Waals surface area (Å²) in [7, 11) is 0. The summed E-state index contributed by atoms with van der Waals surface area (Å²) in [5.74, 6) is 2.29. The highest BCUT2D eigenvalue weighted by molar-refractivity contribution is 5.75. The summed E-state index contributed by atoms with van der Waals surface area (Å²) in [5, 5.41) is 4.15. The molecular weight excluding hydrogens is 340 g/mol. The first-order chi connectivity index (χ1) is 13.0. The minimum absolute atomic E-state index is 0.141. The second kappa shape index (κ2) is 7.03. The fourth-order valence-corrected chi connectivity index (χ4v) is 5.42. The maximum atomic E-state index is 6.19. The van der Waals surface area contributed by atoms with Crippen LogP contribution in [0.3, 0.4) is 0 Å². The van der Waals surface area contributed by atoms with Crippen LogP contribution in [0.5, 0.6) is 0 Å². The Kier molecular flexibility index (Phi) is 4.72. The SMILES string of the molecule is CC1CC2CC(C)CC2(CO/C(N)=N/NC(N)n2cnc3ccccc32)C1. The van der Waals surface area contributed by atoms with Gasteiger partial charge in [0.25, 0.3) is 0 Å². The van der Waals surface area contributed by atoms with Gasteiger partial charge in [-0.1, -0.05) is 26.0 Å². The summed E-state index contributed by atoms with van der Waals surface area (Å²) in [6, 6.07) is 7.95. The largest absolute Gasteiger partial charge is 0.464 e. The summed E-state index contributed by atoms with van der Waals surface area (Å²) in [4.78, 5) is 4.34. The first-order valence-electron chi connectivity index (χ1n) is 9.85. The molecule has 0 amide bonds. The molecule has 1 aromatic carbocycles. The van der Waals surface area contributed by atoms with Crippen LogP contribution in [0, 0.1) is 23.2 Å². The molecule has 3 atom stereocenters. The minimum atomic E-state index is -0.566. The maximum Gasteiger partial charge on any atom is 0.303 e. The Hall–Kier alpha value is -2.28. The van der Waals surface area contributed by atoms with Crippen LogP contribution in [0.4, 0.5) is 0 Å². The molecule has 4 rings (SSSR count). The predicted octanol–water partition coefficient (Wildman–Crippen LogP) is 2.75. The van der Waals surface area contributed by atoms with Crippen molar-refractivity contribution in [2.24, 2.45) is 39.7 Å². The molecule has 0 radical (unpaired) electrons. The maximum absolute atomic E-state index is 6.19. The average Bonchev–Trinajstić information content (AvgIpc) is 3.27. The number of para-hydroxylation sites is 2. The molecule has 2 aromatic rings. The lowest BCUT2D eigenvalue weighted by atomic mass is 9.80. The average molecular weight is 371 g/mol. The molecule has 3 unspecified atom stereocenters. The number of aromatic nitrogens is 2. The molecule has 7 heteroatoms. The number of hydrogen-bond donors (Lipinski definition) is 3. The van der Waals surface area contributed by atoms with Crippen molar-refractivity contribution in [1.29, 1.82) is 0 Å². The number of nitrogens with zero attached hydrogens (tertiary/aromatic N) is 3. The standard InChI is InChI=1S/C20H30N6O/c1-13-7-15-8-14(2)10-20(15,9-13)11-27-19(22)25-24-18(21)26-12-23-16-5-3-4-6-17(16)26/h3-6,12-15,18,24H,7-11,21H2,1-2H3,(H2,22,25). The lowest BCUT2D eigenvalue weighted by molar-refractivity contribution is 0.108. The smallest absolute Gasteiger partial charge is 0.303 e. The van der Waals surface area contributed by atoms with E-state index in [2.05, 4.69) is 29.4 Å². The Bertz CT molecular complexity index is 817. The van der Waals surface area contributed by atoms with E-state index >= 15 is 0 Å². The number of imidazole rings is 1. The molecule has 0 aliphatic heterocycles. The monoisotopic (exact) mass is 370 g/mol. The number of fused-ring (bicyclic) bond motifs is 2. The minimum Gasteiger partial charge on any atom is -0.464 e. The Morgan fingerprint density at radius 2 is 2.04 bits per heavy atom. The van der Waals surface area contributed by atoms with Gasteiger partial charge < -0.3 is 10.5 Å². The molecule has 1 aromatic heterocycles. The van der Waals surface area contributed by atoms with Crippen LogP contribution in [-0.4, -0.2) is 22.2 Å². The Morgan fingerprint density at radius 3 is 2.78 bits per heavy atom. The molecular formula is C20H30N6O. The quantitative estimate of drug-likeness (QED) is 0.325. The third-order valence-electron chi connectivity index (χ3n) is 6.35. The van der Waals surface area contributed by atoms with Gasteiger partial charge in [0.1, 0.15) is 0 Å². The second-order valence-corrected chi connectivity index (χ2v) is 8.60. The van der Waals surface area contributed by atoms with Gasteiger partial charge in [-0.25, -0.2) is 4.98 Å². The van der Waals surface area contributed by atoms with Crippen molar-refractivity contribution < 1.29 is 4.74 Å². The van der Waals surface area contributed by atoms with E-state index in [1.807, 2.05) is 28.8 Å². The van der Waals surface area contributed by atoms with Gasteiger partial charge in [0.05, 0.1) is 24.0 Å². The van der Waals surface area contributed by atoms with E-state index in [4.69, 9.17) is 16.2 Å². The number of benzene rings is 1. The van der Waals surface area contributed by atoms with Crippen LogP contribution in [0.1, 0.15) is 45.8 Å². The van der Waals surface area contributed by atoms with Gasteiger partial charge in [-0.3, -0.25) is 15.7 Å². The van der Waals surface area contributed by atoms with Crippen molar-refractivity contribution >= 4 is 17.1 Å². The summed E-state index contributed by atoms with van der Waals surface area (Å²) in [6.45, 7) is 5.34. The van der Waals surface area contributed by atoms with Gasteiger partial charge in [0, 0.05) is 5.41 Å². The number of amidine groups is 1. The van der Waals surface area contributed by atoms with E-state index in [0.29, 0.717) is 6.61 Å². The number of nitrogens with two attached hydrogens (primary N) is 2. The molecule has 1 heterocycles. The van der Waals surface area contributed by atoms with E-state index in [9.17, 15) is 0 Å². The predicted molar refractivity (Wildman–Crippen MR) is 106 cm³/mol. The van der Waals surface area contributed by atoms with Crippen molar-refractivity contribution in [1.82, 2.24) is 15.0 Å². The highest BCUT2D eigenvalue weighted by Gasteiger charge is 2.51. The molecule has 2 saturated carbocycles. The Labute approximate surface area is 160 Å². The van der Waals surface area contributed by atoms with Crippen molar-refractivity contribution in [3.63, 3.8) is 0 Å². The molecule has 27 heavy (non-hydrogen) atoms. The van der Waals surface area contributed by atoms with Crippen molar-refractivity contribution in [2.75, 3.05) is 6.61 Å². The zero-order valence-electron chi connectivity index (χ0n) is 16.1. The molecule has 7 nitrogen and oxygen atoms in total. The molecule has 0 bridgehead atoms. The van der Waals surface area contributed by atoms with Gasteiger partial charge in [0.2, 0.25) is 0 Å². The summed E-state index contributed by atoms with van der Waals surface area (Å²) in [6.07, 6.45) is 6.19. The van der Waals surface area contributed by atoms with E-state index in [0.717, 1.165) is 28.8 Å². The van der Waals surface area contributed by atoms with E-state index in [1.54, 1.807) is 6.33 Å². The zero-order valence-corrected chi connectivity index (χ0v) is 16.1. The van der Waals surface area contributed by atoms with Crippen LogP contribution in [-0.2, 0) is 4.74 Å². The topological polar surface area (TPSA) is 103 Å². The van der Waals surface area contributed by atoms with Gasteiger partial charge >= 0.3 is 6.02 Å². The highest BCUT2D eigenvalue weighted by Crippen LogP contribution is 2.58. The molecule has 5 N–H and O–H groups in total. The first-order valence-corrected chi connectivity index (χ1v) is 9.85. The number of nitrogens with one attached hydrogen (secondary N) is 1. The van der Waals surface area contributed by atoms with Crippen LogP contribution in [0.15, 0.2) is 35.7 Å². The van der Waals surface area contributed by atoms with Gasteiger partial charge in [-0.2, -0.15) is 0 Å². The number of hydrazone groups is 1. The molecule has 2 fully saturated rings. The molecule has 146 valence electrons. The summed E-state index contributed by atoms with van der Waals surface area (Å²) >= 11 is 0. The zero-order chi connectivity index (χ0) is 19.0. The number of hydrogen-bond acceptors (Lipinski definition) is 5. The lowest BCUT2D eigenvalue weighted by Gasteiger charge is -2.29. The van der Waals surface area contributed by atoms with Gasteiger partial charge in [-0.15, -0.1) is 5.10 Å². The second-order valence-electron chi connectivity index (χ2n) is 8.60. The van der Waals surface area contributed by atoms with Crippen LogP contribution >= 0.6 is 0 Å². The Balaban J connectivity index is 1.37. The van der Waals surface area contributed by atoms with Crippen LogP contribution in [0.25, 0.3) is 11.0 Å². The highest BCUT2D eigenvalue weighted by atomic mass is 16.5. The van der Waals surface area contributed by atoms with Crippen LogP contribution < -0.4 is 16.9 Å². The number of rotatable bonds is 5. The lowest BCUT2D eigenvalue weighted by Crippen LogP contribution is -2.35. The third-order valence-corrected chi connectivity index (χ3v) is 6.35. The third kappa shape index (κ3) is 3.48.